The van der Waals surface area contributed by atoms with Crippen LogP contribution < -0.4 is 25.8 Å². The van der Waals surface area contributed by atoms with Crippen molar-refractivity contribution in [3.8, 4) is 16.5 Å². The van der Waals surface area contributed by atoms with Gasteiger partial charge in [-0.3, -0.25) is 33.9 Å². The van der Waals surface area contributed by atoms with E-state index < -0.39 is 69.8 Å². The van der Waals surface area contributed by atoms with Crippen LogP contribution in [0.25, 0.3) is 10.4 Å². The van der Waals surface area contributed by atoms with E-state index in [-0.39, 0.29) is 60.6 Å². The number of alkyl halides is 3. The highest BCUT2D eigenvalue weighted by Crippen LogP contribution is 2.42. The molecule has 21 heteroatoms. The Bertz CT molecular complexity index is 2780. The van der Waals surface area contributed by atoms with Crippen molar-refractivity contribution in [2.75, 3.05) is 22.9 Å². The number of aliphatic hydroxyl groups is 1. The molecular weight excluding hydrogens is 987 g/mol. The zero-order valence-corrected chi connectivity index (χ0v) is 43.1. The maximum Gasteiger partial charge on any atom is 0.420 e. The standard InChI is InChI=1S/C52H59F4N9O6S2/c1-29-43(73-28-61-29)32-14-10-31(11-15-32)25-60-46(69)39-22-37(66)27-63(39)47(70)44(50(2,3)4)62-45(68)33-16-12-30(13-17-33)24-59-40(67)9-7-8-35-19-20-36(26-58-35)65-49(72)64(48(71)51(65,5)6)38-21-18-34(23-57)41(42(38)53)52(54,55)56/h10-11,14-15,18-21,26,28,30,33,37,39,44,66H,7-9,12-13,16-17,22,24-25,27H2,1-6H3,(H,59,67)(H,60,69)(H,62,68)/t30-,33-,37-,39+,44-/m1/s1. The first-order valence-electron chi connectivity index (χ1n) is 24.2. The van der Waals surface area contributed by atoms with Gasteiger partial charge >= 0.3 is 6.18 Å². The Labute approximate surface area is 430 Å². The molecule has 3 fully saturated rings. The van der Waals surface area contributed by atoms with Gasteiger partial charge in [-0.05, 0) is 118 Å². The molecule has 1 aliphatic carbocycles. The lowest BCUT2D eigenvalue weighted by atomic mass is 9.80. The highest BCUT2D eigenvalue weighted by Gasteiger charge is 2.52. The number of aryl methyl sites for hydroxylation is 2. The van der Waals surface area contributed by atoms with Gasteiger partial charge in [-0.15, -0.1) is 11.3 Å². The van der Waals surface area contributed by atoms with Gasteiger partial charge in [0.25, 0.3) is 5.91 Å². The second-order valence-corrected chi connectivity index (χ2v) is 21.7. The number of hydrogen-bond donors (Lipinski definition) is 4. The molecular formula is C52H59F4N9O6S2. The largest absolute Gasteiger partial charge is 0.420 e. The van der Waals surface area contributed by atoms with Crippen molar-refractivity contribution in [2.24, 2.45) is 17.3 Å². The third-order valence-electron chi connectivity index (χ3n) is 13.8. The number of benzene rings is 2. The van der Waals surface area contributed by atoms with Crippen molar-refractivity contribution in [3.63, 3.8) is 0 Å². The third kappa shape index (κ3) is 12.0. The number of pyridine rings is 1. The van der Waals surface area contributed by atoms with Crippen molar-refractivity contribution in [2.45, 2.75) is 129 Å². The van der Waals surface area contributed by atoms with E-state index in [0.717, 1.165) is 33.8 Å². The van der Waals surface area contributed by atoms with E-state index in [2.05, 4.69) is 25.9 Å². The van der Waals surface area contributed by atoms with Crippen LogP contribution in [0.4, 0.5) is 28.9 Å². The topological polar surface area (TPSA) is 201 Å². The van der Waals surface area contributed by atoms with E-state index in [9.17, 15) is 47.5 Å². The normalized spacial score (nSPS) is 20.4. The molecule has 5 amide bonds. The maximum absolute atomic E-state index is 15.4. The molecule has 3 atom stereocenters. The molecule has 0 bridgehead atoms. The number of aliphatic hydroxyl groups excluding tert-OH is 1. The number of hydrogen-bond acceptors (Lipinski definition) is 11. The lowest BCUT2D eigenvalue weighted by Crippen LogP contribution is -2.58. The fourth-order valence-corrected chi connectivity index (χ4v) is 11.0. The maximum atomic E-state index is 15.4. The van der Waals surface area contributed by atoms with E-state index >= 15 is 4.39 Å². The molecule has 2 aromatic heterocycles. The van der Waals surface area contributed by atoms with Gasteiger partial charge in [0.1, 0.15) is 23.2 Å². The Balaban J connectivity index is 0.849. The summed E-state index contributed by atoms with van der Waals surface area (Å²) in [6.07, 6.45) is -0.967. The van der Waals surface area contributed by atoms with Gasteiger partial charge < -0.3 is 30.9 Å². The van der Waals surface area contributed by atoms with Crippen LogP contribution in [0.5, 0.6) is 0 Å². The summed E-state index contributed by atoms with van der Waals surface area (Å²) in [5.74, 6) is -3.98. The van der Waals surface area contributed by atoms with Gasteiger partial charge in [0, 0.05) is 44.1 Å². The van der Waals surface area contributed by atoms with Crippen LogP contribution >= 0.6 is 23.6 Å². The lowest BCUT2D eigenvalue weighted by Gasteiger charge is -2.37. The highest BCUT2D eigenvalue weighted by molar-refractivity contribution is 7.81. The van der Waals surface area contributed by atoms with Gasteiger partial charge in [-0.1, -0.05) is 45.0 Å². The fraction of sp³-hybridized carbons (Fsp3) is 0.481. The van der Waals surface area contributed by atoms with Gasteiger partial charge in [-0.2, -0.15) is 18.4 Å². The average molecular weight is 1050 g/mol. The quantitative estimate of drug-likeness (QED) is 0.0678. The lowest BCUT2D eigenvalue weighted by molar-refractivity contribution is -0.144. The highest BCUT2D eigenvalue weighted by atomic mass is 32.1. The fourth-order valence-electron chi connectivity index (χ4n) is 9.69. The zero-order valence-electron chi connectivity index (χ0n) is 41.4. The number of likely N-dealkylation sites (tertiary alicyclic amines) is 1. The molecule has 3 aliphatic rings. The van der Waals surface area contributed by atoms with Gasteiger partial charge in [0.15, 0.2) is 10.9 Å². The second kappa shape index (κ2) is 22.0. The molecule has 4 heterocycles. The molecule has 73 heavy (non-hydrogen) atoms. The first-order chi connectivity index (χ1) is 34.4. The van der Waals surface area contributed by atoms with E-state index in [1.54, 1.807) is 29.0 Å². The number of rotatable bonds is 15. The average Bonchev–Trinajstić information content (AvgIpc) is 4.01. The molecule has 4 aromatic rings. The van der Waals surface area contributed by atoms with Crippen LogP contribution in [0, 0.1) is 41.3 Å². The van der Waals surface area contributed by atoms with Crippen LogP contribution in [0.2, 0.25) is 0 Å². The monoisotopic (exact) mass is 1050 g/mol. The Morgan fingerprint density at radius 3 is 2.29 bits per heavy atom. The second-order valence-electron chi connectivity index (χ2n) is 20.5. The Morgan fingerprint density at radius 2 is 1.68 bits per heavy atom. The molecule has 0 spiro atoms. The van der Waals surface area contributed by atoms with Crippen LogP contribution in [-0.2, 0) is 43.1 Å². The van der Waals surface area contributed by atoms with Gasteiger partial charge in [-0.25, -0.2) is 9.37 Å². The summed E-state index contributed by atoms with van der Waals surface area (Å²) in [6.45, 7) is 11.1. The number of nitrogens with one attached hydrogen (secondary N) is 3. The van der Waals surface area contributed by atoms with E-state index in [1.165, 1.54) is 35.9 Å². The molecule has 15 nitrogen and oxygen atoms in total. The molecule has 2 saturated heterocycles. The predicted molar refractivity (Wildman–Crippen MR) is 270 cm³/mol. The van der Waals surface area contributed by atoms with Crippen molar-refractivity contribution in [1.82, 2.24) is 30.8 Å². The minimum Gasteiger partial charge on any atom is -0.391 e. The summed E-state index contributed by atoms with van der Waals surface area (Å²) >= 11 is 7.08. The smallest absolute Gasteiger partial charge is 0.391 e. The van der Waals surface area contributed by atoms with Gasteiger partial charge in [0.2, 0.25) is 23.6 Å². The summed E-state index contributed by atoms with van der Waals surface area (Å²) < 4.78 is 56.7. The summed E-state index contributed by atoms with van der Waals surface area (Å²) in [4.78, 5) is 81.3. The Hall–Kier alpha value is -6.37. The number of halogens is 4. The number of aromatic nitrogens is 2. The van der Waals surface area contributed by atoms with E-state index in [0.29, 0.717) is 61.4 Å². The summed E-state index contributed by atoms with van der Waals surface area (Å²) in [6, 6.07) is 12.3. The number of β-amino-alcohol motifs (C(OH)–C–C–N with tert-alkyl or cyclic N) is 1. The van der Waals surface area contributed by atoms with Crippen LogP contribution in [-0.4, -0.2) is 91.4 Å². The third-order valence-corrected chi connectivity index (χ3v) is 15.2. The van der Waals surface area contributed by atoms with E-state index in [4.69, 9.17) is 12.2 Å². The minimum atomic E-state index is -5.20. The first kappa shape index (κ1) is 54.4. The molecule has 0 radical (unpaired) electrons. The molecule has 388 valence electrons. The number of thiocarbonyl (C=S) groups is 1. The Kier molecular flexibility index (Phi) is 16.4. The first-order valence-corrected chi connectivity index (χ1v) is 25.5. The molecule has 2 aromatic carbocycles. The zero-order chi connectivity index (χ0) is 53.2. The number of nitriles is 1. The van der Waals surface area contributed by atoms with E-state index in [1.807, 2.05) is 52.0 Å². The molecule has 7 rings (SSSR count). The van der Waals surface area contributed by atoms with Crippen molar-refractivity contribution in [3.05, 3.63) is 94.1 Å². The van der Waals surface area contributed by atoms with Gasteiger partial charge in [0.05, 0.1) is 51.4 Å². The molecule has 4 N–H and O–H groups in total. The molecule has 2 aliphatic heterocycles. The van der Waals surface area contributed by atoms with Crippen molar-refractivity contribution >= 4 is 69.6 Å². The van der Waals surface area contributed by atoms with Crippen LogP contribution in [0.15, 0.2) is 60.2 Å². The predicted octanol–water partition coefficient (Wildman–Crippen LogP) is 7.51. The number of amides is 5. The number of carbonyl (C=O) groups is 5. The number of nitrogens with zero attached hydrogens (tertiary/aromatic N) is 6. The van der Waals surface area contributed by atoms with Crippen LogP contribution in [0.1, 0.15) is 108 Å². The van der Waals surface area contributed by atoms with Crippen molar-refractivity contribution in [1.29, 1.82) is 5.26 Å². The summed E-state index contributed by atoms with van der Waals surface area (Å²) in [5, 5.41) is 28.5. The van der Waals surface area contributed by atoms with Crippen molar-refractivity contribution < 1.29 is 46.6 Å². The summed E-state index contributed by atoms with van der Waals surface area (Å²) in [7, 11) is 0. The number of anilines is 2. The minimum absolute atomic E-state index is 0.0303. The molecule has 0 unspecified atom stereocenters. The van der Waals surface area contributed by atoms with Crippen LogP contribution in [0.3, 0.4) is 0 Å². The number of thiazole rings is 1. The molecule has 1 saturated carbocycles. The summed E-state index contributed by atoms with van der Waals surface area (Å²) in [5.41, 5.74) is 0.0171. The SMILES string of the molecule is Cc1ncsc1-c1ccc(CNC(=O)[C@@H]2C[C@@H](O)CN2C(=O)[C@@H](NC(=O)[C@H]2CC[C@H](CNC(=O)CCCc3ccc(N4C(=S)N(c5ccc(C#N)c(C(F)(F)F)c5F)C(=O)C4(C)C)cn3)CC2)C(C)(C)C)cc1. The number of carbonyl (C=O) groups excluding carboxylic acids is 5. The Morgan fingerprint density at radius 1 is 0.986 bits per heavy atom.